The van der Waals surface area contributed by atoms with Crippen LogP contribution in [0.15, 0.2) is 30.3 Å². The van der Waals surface area contributed by atoms with Crippen molar-refractivity contribution in [3.05, 3.63) is 41.5 Å². The standard InChI is InChI=1S/C18H19F3N4O/c1-12-3-4-14(13(2)11-12)15-5-6-16(23-22-15)24-7-9-25(10-8-24)17(26)18(19,20)21/h3-6,11H,7-10H2,1-2H3. The van der Waals surface area contributed by atoms with Crippen LogP contribution in [0.3, 0.4) is 0 Å². The summed E-state index contributed by atoms with van der Waals surface area (Å²) in [5.74, 6) is -1.19. The summed E-state index contributed by atoms with van der Waals surface area (Å²) in [6.45, 7) is 4.64. The predicted molar refractivity (Wildman–Crippen MR) is 91.8 cm³/mol. The summed E-state index contributed by atoms with van der Waals surface area (Å²) in [5, 5.41) is 8.47. The highest BCUT2D eigenvalue weighted by molar-refractivity contribution is 5.82. The van der Waals surface area contributed by atoms with E-state index in [1.165, 1.54) is 5.56 Å². The highest BCUT2D eigenvalue weighted by Gasteiger charge is 2.43. The zero-order chi connectivity index (χ0) is 18.9. The molecule has 26 heavy (non-hydrogen) atoms. The van der Waals surface area contributed by atoms with E-state index in [9.17, 15) is 18.0 Å². The Morgan fingerprint density at radius 3 is 2.23 bits per heavy atom. The molecule has 0 aliphatic carbocycles. The summed E-state index contributed by atoms with van der Waals surface area (Å²) in [5.41, 5.74) is 4.01. The first-order chi connectivity index (χ1) is 12.3. The van der Waals surface area contributed by atoms with Gasteiger partial charge in [-0.25, -0.2) is 0 Å². The summed E-state index contributed by atoms with van der Waals surface area (Å²) in [6, 6.07) is 9.74. The number of benzene rings is 1. The maximum absolute atomic E-state index is 12.5. The zero-order valence-electron chi connectivity index (χ0n) is 14.5. The lowest BCUT2D eigenvalue weighted by Gasteiger charge is -2.35. The van der Waals surface area contributed by atoms with Gasteiger partial charge < -0.3 is 9.80 Å². The van der Waals surface area contributed by atoms with Crippen LogP contribution in [0.4, 0.5) is 19.0 Å². The molecule has 0 spiro atoms. The summed E-state index contributed by atoms with van der Waals surface area (Å²) < 4.78 is 37.5. The normalized spacial score (nSPS) is 15.3. The molecular weight excluding hydrogens is 345 g/mol. The number of carbonyl (C=O) groups is 1. The lowest BCUT2D eigenvalue weighted by atomic mass is 10.0. The summed E-state index contributed by atoms with van der Waals surface area (Å²) in [6.07, 6.45) is -4.82. The van der Waals surface area contributed by atoms with Gasteiger partial charge in [0.1, 0.15) is 0 Å². The van der Waals surface area contributed by atoms with Crippen LogP contribution in [0.25, 0.3) is 11.3 Å². The molecule has 1 aromatic carbocycles. The maximum atomic E-state index is 12.5. The first-order valence-corrected chi connectivity index (χ1v) is 8.28. The SMILES string of the molecule is Cc1ccc(-c2ccc(N3CCN(C(=O)C(F)(F)F)CC3)nn2)c(C)c1. The molecule has 1 saturated heterocycles. The zero-order valence-corrected chi connectivity index (χ0v) is 14.5. The van der Waals surface area contributed by atoms with Crippen LogP contribution in [0.2, 0.25) is 0 Å². The molecule has 1 aromatic heterocycles. The minimum absolute atomic E-state index is 0.0127. The van der Waals surface area contributed by atoms with Crippen molar-refractivity contribution >= 4 is 11.7 Å². The van der Waals surface area contributed by atoms with Crippen molar-refractivity contribution in [3.8, 4) is 11.3 Å². The van der Waals surface area contributed by atoms with Gasteiger partial charge in [-0.05, 0) is 31.5 Å². The monoisotopic (exact) mass is 364 g/mol. The van der Waals surface area contributed by atoms with Crippen LogP contribution in [-0.2, 0) is 4.79 Å². The van der Waals surface area contributed by atoms with E-state index in [4.69, 9.17) is 0 Å². The number of anilines is 1. The van der Waals surface area contributed by atoms with Crippen LogP contribution in [0.1, 0.15) is 11.1 Å². The number of aromatic nitrogens is 2. The van der Waals surface area contributed by atoms with Gasteiger partial charge in [0.2, 0.25) is 0 Å². The molecule has 1 aliphatic rings. The Morgan fingerprint density at radius 2 is 1.69 bits per heavy atom. The van der Waals surface area contributed by atoms with E-state index >= 15 is 0 Å². The molecule has 8 heteroatoms. The number of halogens is 3. The van der Waals surface area contributed by atoms with Crippen molar-refractivity contribution in [2.24, 2.45) is 0 Å². The molecule has 0 N–H and O–H groups in total. The van der Waals surface area contributed by atoms with Crippen LogP contribution in [0, 0.1) is 13.8 Å². The van der Waals surface area contributed by atoms with E-state index in [1.807, 2.05) is 43.0 Å². The number of alkyl halides is 3. The third-order valence-electron chi connectivity index (χ3n) is 4.44. The Morgan fingerprint density at radius 1 is 1.00 bits per heavy atom. The molecule has 0 saturated carbocycles. The maximum Gasteiger partial charge on any atom is 0.471 e. The van der Waals surface area contributed by atoms with E-state index < -0.39 is 12.1 Å². The number of hydrogen-bond donors (Lipinski definition) is 0. The predicted octanol–water partition coefficient (Wildman–Crippen LogP) is 2.97. The van der Waals surface area contributed by atoms with Crippen molar-refractivity contribution in [1.82, 2.24) is 15.1 Å². The van der Waals surface area contributed by atoms with Crippen molar-refractivity contribution in [2.45, 2.75) is 20.0 Å². The van der Waals surface area contributed by atoms with Gasteiger partial charge in [-0.15, -0.1) is 10.2 Å². The molecule has 1 aliphatic heterocycles. The second-order valence-corrected chi connectivity index (χ2v) is 6.37. The van der Waals surface area contributed by atoms with Gasteiger partial charge in [-0.2, -0.15) is 13.2 Å². The topological polar surface area (TPSA) is 49.3 Å². The molecule has 5 nitrogen and oxygen atoms in total. The first-order valence-electron chi connectivity index (χ1n) is 8.28. The molecule has 3 rings (SSSR count). The molecule has 1 amide bonds. The minimum Gasteiger partial charge on any atom is -0.352 e. The second-order valence-electron chi connectivity index (χ2n) is 6.37. The quantitative estimate of drug-likeness (QED) is 0.822. The highest BCUT2D eigenvalue weighted by Crippen LogP contribution is 2.24. The van der Waals surface area contributed by atoms with Crippen molar-refractivity contribution in [1.29, 1.82) is 0 Å². The van der Waals surface area contributed by atoms with Gasteiger partial charge in [0, 0.05) is 31.7 Å². The van der Waals surface area contributed by atoms with Gasteiger partial charge >= 0.3 is 12.1 Å². The van der Waals surface area contributed by atoms with E-state index in [-0.39, 0.29) is 13.1 Å². The average Bonchev–Trinajstić information content (AvgIpc) is 2.61. The number of rotatable bonds is 2. The molecule has 0 atom stereocenters. The van der Waals surface area contributed by atoms with Crippen LogP contribution < -0.4 is 4.90 Å². The van der Waals surface area contributed by atoms with E-state index in [2.05, 4.69) is 16.3 Å². The van der Waals surface area contributed by atoms with Gasteiger partial charge in [0.15, 0.2) is 5.82 Å². The lowest BCUT2D eigenvalue weighted by molar-refractivity contribution is -0.185. The fourth-order valence-corrected chi connectivity index (χ4v) is 3.06. The van der Waals surface area contributed by atoms with Crippen LogP contribution >= 0.6 is 0 Å². The Labute approximate surface area is 149 Å². The number of piperazine rings is 1. The Bertz CT molecular complexity index is 797. The van der Waals surface area contributed by atoms with Gasteiger partial charge in [-0.1, -0.05) is 23.8 Å². The third-order valence-corrected chi connectivity index (χ3v) is 4.44. The van der Waals surface area contributed by atoms with E-state index in [1.54, 1.807) is 0 Å². The first kappa shape index (κ1) is 18.2. The largest absolute Gasteiger partial charge is 0.471 e. The number of carbonyl (C=O) groups excluding carboxylic acids is 1. The Kier molecular flexibility index (Phi) is 4.84. The summed E-state index contributed by atoms with van der Waals surface area (Å²) >= 11 is 0. The number of aryl methyl sites for hydroxylation is 2. The second kappa shape index (κ2) is 6.93. The fraction of sp³-hybridized carbons (Fsp3) is 0.389. The number of amides is 1. The molecule has 0 bridgehead atoms. The highest BCUT2D eigenvalue weighted by atomic mass is 19.4. The van der Waals surface area contributed by atoms with E-state index in [0.717, 1.165) is 21.7 Å². The van der Waals surface area contributed by atoms with Crippen molar-refractivity contribution in [3.63, 3.8) is 0 Å². The molecule has 138 valence electrons. The Balaban J connectivity index is 1.68. The molecule has 2 heterocycles. The fourth-order valence-electron chi connectivity index (χ4n) is 3.06. The Hall–Kier alpha value is -2.64. The van der Waals surface area contributed by atoms with Crippen molar-refractivity contribution < 1.29 is 18.0 Å². The summed E-state index contributed by atoms with van der Waals surface area (Å²) in [7, 11) is 0. The number of hydrogen-bond acceptors (Lipinski definition) is 4. The third kappa shape index (κ3) is 3.79. The van der Waals surface area contributed by atoms with Crippen LogP contribution in [0.5, 0.6) is 0 Å². The molecular formula is C18H19F3N4O. The van der Waals surface area contributed by atoms with Gasteiger partial charge in [-0.3, -0.25) is 4.79 Å². The molecule has 0 unspecified atom stereocenters. The smallest absolute Gasteiger partial charge is 0.352 e. The molecule has 2 aromatic rings. The molecule has 0 radical (unpaired) electrons. The van der Waals surface area contributed by atoms with Gasteiger partial charge in [0.25, 0.3) is 0 Å². The lowest BCUT2D eigenvalue weighted by Crippen LogP contribution is -2.52. The summed E-state index contributed by atoms with van der Waals surface area (Å²) in [4.78, 5) is 13.9. The van der Waals surface area contributed by atoms with Crippen LogP contribution in [-0.4, -0.2) is 53.4 Å². The average molecular weight is 364 g/mol. The molecule has 1 fully saturated rings. The minimum atomic E-state index is -4.82. The van der Waals surface area contributed by atoms with Crippen molar-refractivity contribution in [2.75, 3.05) is 31.1 Å². The van der Waals surface area contributed by atoms with E-state index in [0.29, 0.717) is 18.9 Å². The van der Waals surface area contributed by atoms with Gasteiger partial charge in [0.05, 0.1) is 5.69 Å². The number of nitrogens with zero attached hydrogens (tertiary/aromatic N) is 4.